The van der Waals surface area contributed by atoms with Crippen molar-refractivity contribution in [1.82, 2.24) is 0 Å². The number of benzene rings is 7. The molecule has 0 bridgehead atoms. The second-order valence-corrected chi connectivity index (χ2v) is 14.2. The zero-order valence-electron chi connectivity index (χ0n) is 29.0. The fourth-order valence-electron chi connectivity index (χ4n) is 9.03. The van der Waals surface area contributed by atoms with Crippen LogP contribution in [-0.4, -0.2) is 6.21 Å². The quantitative estimate of drug-likeness (QED) is 0.178. The van der Waals surface area contributed by atoms with Crippen LogP contribution >= 0.6 is 0 Å². The molecule has 7 aromatic carbocycles. The molecule has 248 valence electrons. The Kier molecular flexibility index (Phi) is 7.35. The van der Waals surface area contributed by atoms with Crippen molar-refractivity contribution in [2.75, 3.05) is 0 Å². The van der Waals surface area contributed by atoms with E-state index in [1.807, 2.05) is 0 Å². The van der Waals surface area contributed by atoms with Crippen molar-refractivity contribution in [3.05, 3.63) is 184 Å². The van der Waals surface area contributed by atoms with Crippen LogP contribution in [0, 0.1) is 5.41 Å². The number of nitrogens with one attached hydrogen (secondary N) is 1. The Bertz CT molecular complexity index is 2580. The number of fused-ring (bicyclic) bond motifs is 5. The van der Waals surface area contributed by atoms with Crippen molar-refractivity contribution >= 4 is 39.4 Å². The lowest BCUT2D eigenvalue weighted by molar-refractivity contribution is 0.681. The molecule has 2 heteroatoms. The second kappa shape index (κ2) is 12.5. The van der Waals surface area contributed by atoms with Crippen LogP contribution in [0.2, 0.25) is 0 Å². The molecule has 10 rings (SSSR count). The summed E-state index contributed by atoms with van der Waals surface area (Å²) in [4.78, 5) is 0. The van der Waals surface area contributed by atoms with E-state index in [4.69, 9.17) is 10.7 Å². The Morgan fingerprint density at radius 2 is 1.17 bits per heavy atom. The third-order valence-electron chi connectivity index (χ3n) is 11.3. The molecule has 52 heavy (non-hydrogen) atoms. The third-order valence-corrected chi connectivity index (χ3v) is 11.3. The summed E-state index contributed by atoms with van der Waals surface area (Å²) in [5.41, 5.74) is 18.5. The van der Waals surface area contributed by atoms with E-state index in [1.165, 1.54) is 88.3 Å². The van der Waals surface area contributed by atoms with Gasteiger partial charge in [-0.15, -0.1) is 12.2 Å². The van der Waals surface area contributed by atoms with Crippen molar-refractivity contribution in [2.24, 2.45) is 0 Å². The molecular formula is C50H37N2-. The molecule has 2 aliphatic carbocycles. The van der Waals surface area contributed by atoms with Gasteiger partial charge in [-0.2, -0.15) is 0 Å². The van der Waals surface area contributed by atoms with Crippen LogP contribution in [-0.2, 0) is 6.54 Å². The maximum atomic E-state index is 8.91. The first-order chi connectivity index (χ1) is 25.8. The molecule has 0 spiro atoms. The number of nitrogens with zero attached hydrogens (tertiary/aromatic N) is 1. The highest BCUT2D eigenvalue weighted by Gasteiger charge is 2.31. The van der Waals surface area contributed by atoms with Crippen LogP contribution in [0.4, 0.5) is 0 Å². The SMILES string of the molecule is N=C/C(=C1/CCCC/C1=C\C1=Cc2ccccc2C[N-]1)c1ccc2c3c(cccc13)-c1c-2c(-c2ccccc2)c2ccccc2c1-c1ccccc1. The Balaban J connectivity index is 1.23. The highest BCUT2D eigenvalue weighted by atomic mass is 14.9. The maximum absolute atomic E-state index is 8.91. The maximum Gasteiger partial charge on any atom is 0.0259 e. The zero-order chi connectivity index (χ0) is 34.6. The number of hydrogen-bond donors (Lipinski definition) is 1. The van der Waals surface area contributed by atoms with E-state index in [9.17, 15) is 0 Å². The molecule has 1 heterocycles. The summed E-state index contributed by atoms with van der Waals surface area (Å²) in [7, 11) is 0. The van der Waals surface area contributed by atoms with Crippen LogP contribution < -0.4 is 0 Å². The molecule has 0 radical (unpaired) electrons. The smallest absolute Gasteiger partial charge is 0.0259 e. The monoisotopic (exact) mass is 665 g/mol. The summed E-state index contributed by atoms with van der Waals surface area (Å²) >= 11 is 0. The minimum atomic E-state index is 0.711. The molecule has 0 saturated heterocycles. The Morgan fingerprint density at radius 3 is 1.88 bits per heavy atom. The lowest BCUT2D eigenvalue weighted by atomic mass is 9.82. The molecule has 1 N–H and O–H groups in total. The van der Waals surface area contributed by atoms with Crippen molar-refractivity contribution < 1.29 is 0 Å². The van der Waals surface area contributed by atoms with Crippen molar-refractivity contribution in [1.29, 1.82) is 5.41 Å². The zero-order valence-corrected chi connectivity index (χ0v) is 29.0. The van der Waals surface area contributed by atoms with Crippen LogP contribution in [0.3, 0.4) is 0 Å². The van der Waals surface area contributed by atoms with Crippen LogP contribution in [0.1, 0.15) is 42.4 Å². The van der Waals surface area contributed by atoms with E-state index < -0.39 is 0 Å². The molecule has 1 fully saturated rings. The highest BCUT2D eigenvalue weighted by Crippen LogP contribution is 2.58. The largest absolute Gasteiger partial charge is 0.681 e. The van der Waals surface area contributed by atoms with Gasteiger partial charge in [0.1, 0.15) is 0 Å². The molecule has 0 amide bonds. The van der Waals surface area contributed by atoms with Gasteiger partial charge in [0, 0.05) is 11.8 Å². The van der Waals surface area contributed by atoms with E-state index in [-0.39, 0.29) is 0 Å². The third kappa shape index (κ3) is 4.82. The molecular weight excluding hydrogens is 629 g/mol. The van der Waals surface area contributed by atoms with Gasteiger partial charge in [-0.3, -0.25) is 0 Å². The Labute approximate surface area is 305 Å². The van der Waals surface area contributed by atoms with E-state index >= 15 is 0 Å². The van der Waals surface area contributed by atoms with Crippen molar-refractivity contribution in [3.63, 3.8) is 0 Å². The number of rotatable bonds is 5. The number of hydrogen-bond acceptors (Lipinski definition) is 1. The summed E-state index contributed by atoms with van der Waals surface area (Å²) in [6.45, 7) is 0.711. The number of allylic oxidation sites excluding steroid dienone is 4. The van der Waals surface area contributed by atoms with Gasteiger partial charge in [0.2, 0.25) is 0 Å². The van der Waals surface area contributed by atoms with E-state index in [2.05, 4.69) is 152 Å². The molecule has 2 nitrogen and oxygen atoms in total. The van der Waals surface area contributed by atoms with Gasteiger partial charge in [-0.25, -0.2) is 0 Å². The molecule has 1 saturated carbocycles. The first kappa shape index (κ1) is 30.6. The lowest BCUT2D eigenvalue weighted by Crippen LogP contribution is -2.05. The normalized spacial score (nSPS) is 16.3. The average Bonchev–Trinajstić information content (AvgIpc) is 3.54. The van der Waals surface area contributed by atoms with E-state index in [1.54, 1.807) is 6.21 Å². The van der Waals surface area contributed by atoms with Crippen molar-refractivity contribution in [3.8, 4) is 44.5 Å². The molecule has 7 aromatic rings. The molecule has 0 unspecified atom stereocenters. The van der Waals surface area contributed by atoms with E-state index in [0.29, 0.717) is 6.54 Å². The van der Waals surface area contributed by atoms with Gasteiger partial charge in [0.05, 0.1) is 0 Å². The topological polar surface area (TPSA) is 38.0 Å². The first-order valence-electron chi connectivity index (χ1n) is 18.5. The van der Waals surface area contributed by atoms with Gasteiger partial charge < -0.3 is 10.7 Å². The second-order valence-electron chi connectivity index (χ2n) is 14.2. The van der Waals surface area contributed by atoms with E-state index in [0.717, 1.165) is 42.5 Å². The van der Waals surface area contributed by atoms with Crippen LogP contribution in [0.15, 0.2) is 162 Å². The minimum absolute atomic E-state index is 0.711. The summed E-state index contributed by atoms with van der Waals surface area (Å²) in [5, 5.41) is 18.9. The summed E-state index contributed by atoms with van der Waals surface area (Å²) < 4.78 is 0. The van der Waals surface area contributed by atoms with Gasteiger partial charge in [0.15, 0.2) is 0 Å². The fraction of sp³-hybridized carbons (Fsp3) is 0.100. The van der Waals surface area contributed by atoms with Gasteiger partial charge in [-0.05, 0) is 114 Å². The predicted molar refractivity (Wildman–Crippen MR) is 220 cm³/mol. The van der Waals surface area contributed by atoms with Crippen molar-refractivity contribution in [2.45, 2.75) is 32.2 Å². The summed E-state index contributed by atoms with van der Waals surface area (Å²) in [6, 6.07) is 50.7. The fourth-order valence-corrected chi connectivity index (χ4v) is 9.03. The highest BCUT2D eigenvalue weighted by molar-refractivity contribution is 6.29. The lowest BCUT2D eigenvalue weighted by Gasteiger charge is -2.31. The van der Waals surface area contributed by atoms with Gasteiger partial charge >= 0.3 is 0 Å². The Morgan fingerprint density at radius 1 is 0.558 bits per heavy atom. The predicted octanol–water partition coefficient (Wildman–Crippen LogP) is 13.8. The van der Waals surface area contributed by atoms with Gasteiger partial charge in [-0.1, -0.05) is 157 Å². The Hall–Kier alpha value is -6.25. The molecule has 1 aliphatic heterocycles. The standard InChI is InChI=1S/C50H37N2/c51-30-45(38-21-10-9-19-35(38)29-37-28-34-18-7-8-20-36(34)31-52-37)39-26-27-44-48-40(39)24-13-25-43(48)49-46(32-14-3-1-4-15-32)41-22-11-12-23-42(41)47(50(44)49)33-16-5-2-6-17-33/h1-8,11-18,20,22-30,51H,9-10,19,21,31H2/q-1/b35-29+,45-38+,51-30?. The molecule has 0 atom stereocenters. The van der Waals surface area contributed by atoms with Crippen LogP contribution in [0.5, 0.6) is 0 Å². The molecule has 3 aliphatic rings. The average molecular weight is 666 g/mol. The summed E-state index contributed by atoms with van der Waals surface area (Å²) in [6.07, 6.45) is 10.4. The molecule has 0 aromatic heterocycles. The first-order valence-corrected chi connectivity index (χ1v) is 18.5. The van der Waals surface area contributed by atoms with Gasteiger partial charge in [0.25, 0.3) is 0 Å². The minimum Gasteiger partial charge on any atom is -0.681 e. The van der Waals surface area contributed by atoms with Crippen LogP contribution in [0.25, 0.3) is 83.0 Å². The summed E-state index contributed by atoms with van der Waals surface area (Å²) in [5.74, 6) is 0.